The van der Waals surface area contributed by atoms with Crippen LogP contribution in [0.3, 0.4) is 0 Å². The Bertz CT molecular complexity index is 267. The van der Waals surface area contributed by atoms with Gasteiger partial charge in [0.2, 0.25) is 0 Å². The molecule has 1 heterocycles. The Labute approximate surface area is 130 Å². The quantitative estimate of drug-likeness (QED) is 0.820. The van der Waals surface area contributed by atoms with Gasteiger partial charge < -0.3 is 15.5 Å². The van der Waals surface area contributed by atoms with Gasteiger partial charge in [0.25, 0.3) is 0 Å². The fourth-order valence-electron chi connectivity index (χ4n) is 3.67. The summed E-state index contributed by atoms with van der Waals surface area (Å²) in [4.78, 5) is 2.64. The molecular formula is C17H34FN3. The SMILES string of the molecule is CC1CNCCCNCCCN(CC2CCC(F)CC2)C1. The van der Waals surface area contributed by atoms with E-state index < -0.39 is 6.17 Å². The van der Waals surface area contributed by atoms with Crippen LogP contribution in [0.25, 0.3) is 0 Å². The van der Waals surface area contributed by atoms with Crippen LogP contribution in [0.5, 0.6) is 0 Å². The van der Waals surface area contributed by atoms with Crippen molar-refractivity contribution in [2.75, 3.05) is 45.8 Å². The molecule has 2 rings (SSSR count). The molecule has 0 aromatic heterocycles. The highest BCUT2D eigenvalue weighted by molar-refractivity contribution is 4.76. The predicted octanol–water partition coefficient (Wildman–Crippen LogP) is 2.43. The average molecular weight is 299 g/mol. The first kappa shape index (κ1) is 17.2. The third-order valence-electron chi connectivity index (χ3n) is 4.89. The molecular weight excluding hydrogens is 265 g/mol. The summed E-state index contributed by atoms with van der Waals surface area (Å²) in [6.07, 6.45) is 5.68. The van der Waals surface area contributed by atoms with Gasteiger partial charge in [-0.2, -0.15) is 0 Å². The van der Waals surface area contributed by atoms with E-state index in [1.54, 1.807) is 0 Å². The van der Waals surface area contributed by atoms with Gasteiger partial charge in [-0.15, -0.1) is 0 Å². The van der Waals surface area contributed by atoms with E-state index in [0.717, 1.165) is 57.8 Å². The molecule has 1 aliphatic carbocycles. The highest BCUT2D eigenvalue weighted by Crippen LogP contribution is 2.27. The molecule has 2 N–H and O–H groups in total. The van der Waals surface area contributed by atoms with Crippen LogP contribution in [0.4, 0.5) is 4.39 Å². The zero-order valence-corrected chi connectivity index (χ0v) is 13.7. The summed E-state index contributed by atoms with van der Waals surface area (Å²) in [5, 5.41) is 7.09. The molecule has 0 radical (unpaired) electrons. The van der Waals surface area contributed by atoms with Crippen molar-refractivity contribution in [3.63, 3.8) is 0 Å². The second-order valence-corrected chi connectivity index (χ2v) is 7.14. The van der Waals surface area contributed by atoms with Gasteiger partial charge in [0, 0.05) is 13.1 Å². The van der Waals surface area contributed by atoms with Crippen LogP contribution in [0.15, 0.2) is 0 Å². The van der Waals surface area contributed by atoms with Crippen molar-refractivity contribution in [3.05, 3.63) is 0 Å². The van der Waals surface area contributed by atoms with Crippen molar-refractivity contribution in [1.29, 1.82) is 0 Å². The van der Waals surface area contributed by atoms with Gasteiger partial charge in [-0.1, -0.05) is 6.92 Å². The summed E-state index contributed by atoms with van der Waals surface area (Å²) >= 11 is 0. The number of hydrogen-bond acceptors (Lipinski definition) is 3. The van der Waals surface area contributed by atoms with Crippen LogP contribution in [-0.2, 0) is 0 Å². The Morgan fingerprint density at radius 2 is 1.71 bits per heavy atom. The molecule has 4 heteroatoms. The Morgan fingerprint density at radius 1 is 1.00 bits per heavy atom. The molecule has 1 saturated carbocycles. The lowest BCUT2D eigenvalue weighted by Gasteiger charge is -2.32. The second-order valence-electron chi connectivity index (χ2n) is 7.14. The first-order valence-electron chi connectivity index (χ1n) is 9.02. The van der Waals surface area contributed by atoms with Crippen LogP contribution >= 0.6 is 0 Å². The predicted molar refractivity (Wildman–Crippen MR) is 87.4 cm³/mol. The van der Waals surface area contributed by atoms with Gasteiger partial charge in [0.15, 0.2) is 0 Å². The van der Waals surface area contributed by atoms with E-state index in [1.165, 1.54) is 32.5 Å². The molecule has 1 aliphatic heterocycles. The molecule has 0 aromatic carbocycles. The largest absolute Gasteiger partial charge is 0.317 e. The van der Waals surface area contributed by atoms with E-state index in [0.29, 0.717) is 5.92 Å². The number of rotatable bonds is 2. The summed E-state index contributed by atoms with van der Waals surface area (Å²) in [5.41, 5.74) is 0. The zero-order valence-electron chi connectivity index (χ0n) is 13.7. The van der Waals surface area contributed by atoms with Crippen LogP contribution in [0, 0.1) is 11.8 Å². The Morgan fingerprint density at radius 3 is 2.52 bits per heavy atom. The van der Waals surface area contributed by atoms with Crippen molar-refractivity contribution in [2.24, 2.45) is 11.8 Å². The average Bonchev–Trinajstić information content (AvgIpc) is 2.46. The molecule has 3 nitrogen and oxygen atoms in total. The normalized spacial score (nSPS) is 34.9. The van der Waals surface area contributed by atoms with Crippen molar-refractivity contribution in [2.45, 2.75) is 51.6 Å². The highest BCUT2D eigenvalue weighted by Gasteiger charge is 2.23. The fraction of sp³-hybridized carbons (Fsp3) is 1.00. The van der Waals surface area contributed by atoms with Gasteiger partial charge in [-0.05, 0) is 83.1 Å². The summed E-state index contributed by atoms with van der Waals surface area (Å²) in [6.45, 7) is 10.4. The monoisotopic (exact) mass is 299 g/mol. The van der Waals surface area contributed by atoms with Crippen LogP contribution in [-0.4, -0.2) is 56.9 Å². The topological polar surface area (TPSA) is 27.3 Å². The molecule has 1 unspecified atom stereocenters. The van der Waals surface area contributed by atoms with Crippen LogP contribution < -0.4 is 10.6 Å². The minimum Gasteiger partial charge on any atom is -0.317 e. The number of alkyl halides is 1. The summed E-state index contributed by atoms with van der Waals surface area (Å²) in [7, 11) is 0. The van der Waals surface area contributed by atoms with Gasteiger partial charge in [-0.25, -0.2) is 4.39 Å². The third-order valence-corrected chi connectivity index (χ3v) is 4.89. The summed E-state index contributed by atoms with van der Waals surface area (Å²) in [5.74, 6) is 1.42. The first-order valence-corrected chi connectivity index (χ1v) is 9.02. The third kappa shape index (κ3) is 7.07. The minimum absolute atomic E-state index is 0.528. The molecule has 0 aromatic rings. The van der Waals surface area contributed by atoms with Gasteiger partial charge in [0.1, 0.15) is 6.17 Å². The number of nitrogens with one attached hydrogen (secondary N) is 2. The summed E-state index contributed by atoms with van der Waals surface area (Å²) in [6, 6.07) is 0. The molecule has 2 aliphatic rings. The molecule has 124 valence electrons. The van der Waals surface area contributed by atoms with Crippen LogP contribution in [0.2, 0.25) is 0 Å². The number of halogens is 1. The zero-order chi connectivity index (χ0) is 14.9. The Hall–Kier alpha value is -0.190. The Kier molecular flexibility index (Phi) is 7.97. The molecule has 21 heavy (non-hydrogen) atoms. The maximum atomic E-state index is 13.3. The standard InChI is InChI=1S/C17H34FN3/c1-15-12-20-9-2-8-19-10-3-11-21(13-15)14-16-4-6-17(18)7-5-16/h15-17,19-20H,2-14H2,1H3. The molecule has 2 fully saturated rings. The van der Waals surface area contributed by atoms with Gasteiger partial charge in [-0.3, -0.25) is 0 Å². The van der Waals surface area contributed by atoms with Crippen molar-refractivity contribution in [3.8, 4) is 0 Å². The van der Waals surface area contributed by atoms with E-state index in [2.05, 4.69) is 22.5 Å². The Balaban J connectivity index is 1.78. The van der Waals surface area contributed by atoms with E-state index in [9.17, 15) is 4.39 Å². The molecule has 1 saturated heterocycles. The van der Waals surface area contributed by atoms with Gasteiger partial charge in [0.05, 0.1) is 0 Å². The summed E-state index contributed by atoms with van der Waals surface area (Å²) < 4.78 is 13.3. The van der Waals surface area contributed by atoms with E-state index in [-0.39, 0.29) is 0 Å². The smallest absolute Gasteiger partial charge is 0.100 e. The molecule has 0 bridgehead atoms. The number of nitrogens with zero attached hydrogens (tertiary/aromatic N) is 1. The lowest BCUT2D eigenvalue weighted by molar-refractivity contribution is 0.145. The molecule has 0 spiro atoms. The van der Waals surface area contributed by atoms with E-state index in [4.69, 9.17) is 0 Å². The van der Waals surface area contributed by atoms with E-state index >= 15 is 0 Å². The number of hydrogen-bond donors (Lipinski definition) is 2. The highest BCUT2D eigenvalue weighted by atomic mass is 19.1. The first-order chi connectivity index (χ1) is 10.2. The minimum atomic E-state index is -0.528. The molecule has 0 amide bonds. The maximum Gasteiger partial charge on any atom is 0.100 e. The van der Waals surface area contributed by atoms with E-state index in [1.807, 2.05) is 0 Å². The van der Waals surface area contributed by atoms with Crippen molar-refractivity contribution < 1.29 is 4.39 Å². The maximum absolute atomic E-state index is 13.3. The molecule has 1 atom stereocenters. The second kappa shape index (κ2) is 9.75. The fourth-order valence-corrected chi connectivity index (χ4v) is 3.67. The van der Waals surface area contributed by atoms with Gasteiger partial charge >= 0.3 is 0 Å². The lowest BCUT2D eigenvalue weighted by atomic mass is 9.87. The van der Waals surface area contributed by atoms with Crippen LogP contribution in [0.1, 0.15) is 45.4 Å². The lowest BCUT2D eigenvalue weighted by Crippen LogP contribution is -2.39. The van der Waals surface area contributed by atoms with Crippen molar-refractivity contribution in [1.82, 2.24) is 15.5 Å². The van der Waals surface area contributed by atoms with Crippen molar-refractivity contribution >= 4 is 0 Å².